The van der Waals surface area contributed by atoms with E-state index < -0.39 is 0 Å². The number of nitrogens with zero attached hydrogens (tertiary/aromatic N) is 2. The predicted molar refractivity (Wildman–Crippen MR) is 90.1 cm³/mol. The van der Waals surface area contributed by atoms with Crippen molar-refractivity contribution >= 4 is 17.7 Å². The van der Waals surface area contributed by atoms with E-state index in [0.29, 0.717) is 36.9 Å². The molecule has 1 atom stereocenters. The second kappa shape index (κ2) is 6.75. The van der Waals surface area contributed by atoms with E-state index in [2.05, 4.69) is 13.8 Å². The molecule has 2 fully saturated rings. The van der Waals surface area contributed by atoms with Gasteiger partial charge in [-0.1, -0.05) is 26.0 Å². The highest BCUT2D eigenvalue weighted by molar-refractivity contribution is 6.01. The Labute approximate surface area is 142 Å². The first-order valence-electron chi connectivity index (χ1n) is 8.70. The molecule has 0 saturated carbocycles. The number of imide groups is 1. The maximum Gasteiger partial charge on any atom is 0.254 e. The summed E-state index contributed by atoms with van der Waals surface area (Å²) in [6.45, 7) is 5.43. The summed E-state index contributed by atoms with van der Waals surface area (Å²) in [6, 6.07) is 7.60. The van der Waals surface area contributed by atoms with E-state index in [-0.39, 0.29) is 17.7 Å². The number of hydrogen-bond donors (Lipinski definition) is 0. The molecule has 2 aliphatic heterocycles. The number of carbonyl (C=O) groups excluding carboxylic acids is 3. The first-order valence-corrected chi connectivity index (χ1v) is 8.70. The Morgan fingerprint density at radius 2 is 1.75 bits per heavy atom. The third kappa shape index (κ3) is 3.21. The standard InChI is InChI=1S/C19H24N2O3/c1-13(2)16-4-3-11-20(16)19(24)15-7-5-14(6-8-15)12-21-17(22)9-10-18(21)23/h5-8,13,16H,3-4,9-12H2,1-2H3/t16-/m1/s1. The molecule has 0 aliphatic carbocycles. The normalized spacial score (nSPS) is 21.2. The molecule has 3 amide bonds. The minimum Gasteiger partial charge on any atom is -0.335 e. The van der Waals surface area contributed by atoms with Crippen molar-refractivity contribution < 1.29 is 14.4 Å². The van der Waals surface area contributed by atoms with Crippen molar-refractivity contribution in [1.29, 1.82) is 0 Å². The molecule has 1 aromatic carbocycles. The average molecular weight is 328 g/mol. The molecule has 5 heteroatoms. The van der Waals surface area contributed by atoms with Crippen LogP contribution in [0.2, 0.25) is 0 Å². The van der Waals surface area contributed by atoms with Crippen LogP contribution in [0, 0.1) is 5.92 Å². The average Bonchev–Trinajstić information content (AvgIpc) is 3.17. The highest BCUT2D eigenvalue weighted by Crippen LogP contribution is 2.26. The lowest BCUT2D eigenvalue weighted by atomic mass is 10.0. The SMILES string of the molecule is CC(C)[C@H]1CCCN1C(=O)c1ccc(CN2C(=O)CCC2=O)cc1. The third-order valence-corrected chi connectivity index (χ3v) is 5.03. The summed E-state index contributed by atoms with van der Waals surface area (Å²) >= 11 is 0. The van der Waals surface area contributed by atoms with E-state index in [1.54, 1.807) is 12.1 Å². The zero-order valence-electron chi connectivity index (χ0n) is 14.3. The lowest BCUT2D eigenvalue weighted by Crippen LogP contribution is -2.38. The van der Waals surface area contributed by atoms with Crippen molar-refractivity contribution in [3.63, 3.8) is 0 Å². The second-order valence-electron chi connectivity index (χ2n) is 7.02. The fraction of sp³-hybridized carbons (Fsp3) is 0.526. The highest BCUT2D eigenvalue weighted by atomic mass is 16.2. The lowest BCUT2D eigenvalue weighted by Gasteiger charge is -2.27. The third-order valence-electron chi connectivity index (χ3n) is 5.03. The molecule has 0 unspecified atom stereocenters. The van der Waals surface area contributed by atoms with Crippen LogP contribution in [0.4, 0.5) is 0 Å². The van der Waals surface area contributed by atoms with Gasteiger partial charge in [-0.05, 0) is 36.5 Å². The molecule has 0 spiro atoms. The molecule has 24 heavy (non-hydrogen) atoms. The number of carbonyl (C=O) groups is 3. The maximum absolute atomic E-state index is 12.7. The minimum absolute atomic E-state index is 0.0751. The second-order valence-corrected chi connectivity index (χ2v) is 7.02. The first kappa shape index (κ1) is 16.7. The summed E-state index contributed by atoms with van der Waals surface area (Å²) in [5.74, 6) is 0.308. The molecule has 1 aromatic rings. The van der Waals surface area contributed by atoms with Crippen LogP contribution in [0.25, 0.3) is 0 Å². The number of likely N-dealkylation sites (tertiary alicyclic amines) is 2. The van der Waals surface area contributed by atoms with Crippen LogP contribution in [0.15, 0.2) is 24.3 Å². The molecule has 3 rings (SSSR count). The zero-order chi connectivity index (χ0) is 17.3. The Hall–Kier alpha value is -2.17. The van der Waals surface area contributed by atoms with E-state index in [1.807, 2.05) is 17.0 Å². The van der Waals surface area contributed by atoms with Crippen molar-refractivity contribution in [2.24, 2.45) is 5.92 Å². The van der Waals surface area contributed by atoms with E-state index in [0.717, 1.165) is 24.9 Å². The van der Waals surface area contributed by atoms with Crippen molar-refractivity contribution in [3.8, 4) is 0 Å². The topological polar surface area (TPSA) is 57.7 Å². The molecule has 0 radical (unpaired) electrons. The van der Waals surface area contributed by atoms with E-state index in [4.69, 9.17) is 0 Å². The van der Waals surface area contributed by atoms with Gasteiger partial charge in [0, 0.05) is 31.0 Å². The van der Waals surface area contributed by atoms with Crippen molar-refractivity contribution in [1.82, 2.24) is 9.80 Å². The van der Waals surface area contributed by atoms with Gasteiger partial charge < -0.3 is 4.90 Å². The monoisotopic (exact) mass is 328 g/mol. The number of amides is 3. The van der Waals surface area contributed by atoms with Crippen LogP contribution < -0.4 is 0 Å². The van der Waals surface area contributed by atoms with E-state index >= 15 is 0 Å². The Kier molecular flexibility index (Phi) is 4.69. The summed E-state index contributed by atoms with van der Waals surface area (Å²) in [7, 11) is 0. The van der Waals surface area contributed by atoms with Crippen LogP contribution in [-0.2, 0) is 16.1 Å². The molecule has 0 N–H and O–H groups in total. The molecule has 0 aromatic heterocycles. The molecule has 2 saturated heterocycles. The summed E-state index contributed by atoms with van der Waals surface area (Å²) in [4.78, 5) is 39.4. The molecular formula is C19H24N2O3. The maximum atomic E-state index is 12.7. The van der Waals surface area contributed by atoms with E-state index in [1.165, 1.54) is 4.90 Å². The number of rotatable bonds is 4. The highest BCUT2D eigenvalue weighted by Gasteiger charge is 2.31. The summed E-state index contributed by atoms with van der Waals surface area (Å²) in [5.41, 5.74) is 1.54. The smallest absolute Gasteiger partial charge is 0.254 e. The Bertz CT molecular complexity index is 635. The number of hydrogen-bond acceptors (Lipinski definition) is 3. The van der Waals surface area contributed by atoms with Crippen LogP contribution in [0.3, 0.4) is 0 Å². The van der Waals surface area contributed by atoms with Gasteiger partial charge in [0.2, 0.25) is 11.8 Å². The summed E-state index contributed by atoms with van der Waals surface area (Å²) in [5, 5.41) is 0. The molecule has 5 nitrogen and oxygen atoms in total. The number of benzene rings is 1. The zero-order valence-corrected chi connectivity index (χ0v) is 14.3. The molecule has 0 bridgehead atoms. The van der Waals surface area contributed by atoms with Gasteiger partial charge in [-0.3, -0.25) is 19.3 Å². The molecular weight excluding hydrogens is 304 g/mol. The van der Waals surface area contributed by atoms with Crippen LogP contribution >= 0.6 is 0 Å². The van der Waals surface area contributed by atoms with Gasteiger partial charge in [-0.2, -0.15) is 0 Å². The van der Waals surface area contributed by atoms with Gasteiger partial charge in [-0.25, -0.2) is 0 Å². The lowest BCUT2D eigenvalue weighted by molar-refractivity contribution is -0.139. The summed E-state index contributed by atoms with van der Waals surface area (Å²) < 4.78 is 0. The first-order chi connectivity index (χ1) is 11.5. The predicted octanol–water partition coefficient (Wildman–Crippen LogP) is 2.60. The van der Waals surface area contributed by atoms with Crippen molar-refractivity contribution in [3.05, 3.63) is 35.4 Å². The fourth-order valence-corrected chi connectivity index (χ4v) is 3.64. The van der Waals surface area contributed by atoms with Crippen LogP contribution in [0.5, 0.6) is 0 Å². The molecule has 2 aliphatic rings. The van der Waals surface area contributed by atoms with Gasteiger partial charge in [0.05, 0.1) is 6.54 Å². The van der Waals surface area contributed by atoms with Crippen molar-refractivity contribution in [2.75, 3.05) is 6.54 Å². The van der Waals surface area contributed by atoms with Crippen LogP contribution in [-0.4, -0.2) is 40.1 Å². The molecule has 2 heterocycles. The summed E-state index contributed by atoms with van der Waals surface area (Å²) in [6.07, 6.45) is 2.74. The molecule has 128 valence electrons. The Balaban J connectivity index is 1.69. The van der Waals surface area contributed by atoms with Gasteiger partial charge in [-0.15, -0.1) is 0 Å². The minimum atomic E-state index is -0.114. The van der Waals surface area contributed by atoms with Gasteiger partial charge in [0.25, 0.3) is 5.91 Å². The van der Waals surface area contributed by atoms with Crippen molar-refractivity contribution in [2.45, 2.75) is 52.1 Å². The largest absolute Gasteiger partial charge is 0.335 e. The quantitative estimate of drug-likeness (QED) is 0.798. The van der Waals surface area contributed by atoms with Crippen LogP contribution in [0.1, 0.15) is 55.5 Å². The Morgan fingerprint density at radius 1 is 1.12 bits per heavy atom. The van der Waals surface area contributed by atoms with Gasteiger partial charge in [0.15, 0.2) is 0 Å². The van der Waals surface area contributed by atoms with Gasteiger partial charge in [0.1, 0.15) is 0 Å². The van der Waals surface area contributed by atoms with E-state index in [9.17, 15) is 14.4 Å². The fourth-order valence-electron chi connectivity index (χ4n) is 3.64. The van der Waals surface area contributed by atoms with Gasteiger partial charge >= 0.3 is 0 Å². The Morgan fingerprint density at radius 3 is 2.33 bits per heavy atom.